The van der Waals surface area contributed by atoms with Gasteiger partial charge >= 0.3 is 0 Å². The summed E-state index contributed by atoms with van der Waals surface area (Å²) in [7, 11) is 1.56. The van der Waals surface area contributed by atoms with Crippen LogP contribution >= 0.6 is 11.8 Å². The summed E-state index contributed by atoms with van der Waals surface area (Å²) in [6, 6.07) is 11.3. The maximum Gasteiger partial charge on any atom is 0.293 e. The van der Waals surface area contributed by atoms with Crippen LogP contribution in [-0.2, 0) is 4.79 Å². The normalized spacial score (nSPS) is 15.1. The van der Waals surface area contributed by atoms with Crippen LogP contribution in [0.2, 0.25) is 0 Å². The molecule has 1 aliphatic rings. The van der Waals surface area contributed by atoms with Gasteiger partial charge in [-0.3, -0.25) is 19.3 Å². The molecule has 0 aliphatic carbocycles. The number of carbonyl (C=O) groups is 3. The van der Waals surface area contributed by atoms with E-state index < -0.39 is 22.9 Å². The van der Waals surface area contributed by atoms with E-state index >= 15 is 0 Å². The lowest BCUT2D eigenvalue weighted by Crippen LogP contribution is -2.37. The van der Waals surface area contributed by atoms with E-state index in [2.05, 4.69) is 5.32 Å². The van der Waals surface area contributed by atoms with Crippen LogP contribution in [-0.4, -0.2) is 42.2 Å². The van der Waals surface area contributed by atoms with Crippen molar-refractivity contribution in [1.29, 1.82) is 0 Å². The van der Waals surface area contributed by atoms with E-state index in [1.807, 2.05) is 0 Å². The van der Waals surface area contributed by atoms with Crippen molar-refractivity contribution < 1.29 is 23.5 Å². The van der Waals surface area contributed by atoms with Crippen molar-refractivity contribution in [2.45, 2.75) is 6.92 Å². The molecule has 2 aromatic carbocycles. The molecule has 1 fully saturated rings. The van der Waals surface area contributed by atoms with E-state index in [1.54, 1.807) is 44.4 Å². The number of carbonyl (C=O) groups excluding carboxylic acids is 3. The minimum Gasteiger partial charge on any atom is -0.497 e. The first-order valence-electron chi connectivity index (χ1n) is 8.83. The molecule has 0 saturated carbocycles. The van der Waals surface area contributed by atoms with E-state index in [0.717, 1.165) is 28.3 Å². The summed E-state index contributed by atoms with van der Waals surface area (Å²) in [4.78, 5) is 38.2. The average Bonchev–Trinajstić information content (AvgIpc) is 2.97. The maximum absolute atomic E-state index is 13.6. The Morgan fingerprint density at radius 3 is 2.59 bits per heavy atom. The molecule has 0 unspecified atom stereocenters. The molecule has 150 valence electrons. The molecule has 1 saturated heterocycles. The zero-order valence-electron chi connectivity index (χ0n) is 15.9. The lowest BCUT2D eigenvalue weighted by molar-refractivity contribution is -0.122. The number of thioether (sulfide) groups is 1. The second-order valence-electron chi connectivity index (χ2n) is 6.33. The quantitative estimate of drug-likeness (QED) is 0.731. The third kappa shape index (κ3) is 4.83. The minimum absolute atomic E-state index is 0.0324. The smallest absolute Gasteiger partial charge is 0.293 e. The van der Waals surface area contributed by atoms with Gasteiger partial charge in [-0.25, -0.2) is 4.39 Å². The van der Waals surface area contributed by atoms with Crippen molar-refractivity contribution >= 4 is 34.9 Å². The van der Waals surface area contributed by atoms with E-state index in [1.165, 1.54) is 12.1 Å². The Hall–Kier alpha value is -3.13. The molecule has 6 nitrogen and oxygen atoms in total. The van der Waals surface area contributed by atoms with Crippen LogP contribution in [0.25, 0.3) is 6.08 Å². The standard InChI is InChI=1S/C21H19FN2O4S/c1-13-3-6-15(12-17(13)22)19(25)23-9-10-24-20(26)18(29-21(24)27)11-14-4-7-16(28-2)8-5-14/h3-8,11-12H,9-10H2,1-2H3,(H,23,25)/b18-11-. The Morgan fingerprint density at radius 1 is 1.21 bits per heavy atom. The van der Waals surface area contributed by atoms with Crippen LogP contribution in [0.15, 0.2) is 47.4 Å². The minimum atomic E-state index is -0.468. The summed E-state index contributed by atoms with van der Waals surface area (Å²) < 4.78 is 18.7. The van der Waals surface area contributed by atoms with Gasteiger partial charge in [-0.2, -0.15) is 0 Å². The number of halogens is 1. The number of amides is 3. The summed E-state index contributed by atoms with van der Waals surface area (Å²) in [5, 5.41) is 2.20. The zero-order chi connectivity index (χ0) is 21.0. The monoisotopic (exact) mass is 414 g/mol. The number of methoxy groups -OCH3 is 1. The first-order valence-corrected chi connectivity index (χ1v) is 9.64. The van der Waals surface area contributed by atoms with Crippen molar-refractivity contribution in [3.8, 4) is 5.75 Å². The largest absolute Gasteiger partial charge is 0.497 e. The lowest BCUT2D eigenvalue weighted by Gasteiger charge is -2.13. The fraction of sp³-hybridized carbons (Fsp3) is 0.190. The molecule has 0 radical (unpaired) electrons. The number of aryl methyl sites for hydroxylation is 1. The highest BCUT2D eigenvalue weighted by Gasteiger charge is 2.34. The molecular weight excluding hydrogens is 395 g/mol. The molecule has 3 rings (SSSR count). The van der Waals surface area contributed by atoms with Crippen LogP contribution in [0.3, 0.4) is 0 Å². The van der Waals surface area contributed by atoms with Gasteiger partial charge in [0, 0.05) is 18.7 Å². The summed E-state index contributed by atoms with van der Waals surface area (Å²) in [5.41, 5.74) is 1.40. The van der Waals surface area contributed by atoms with Crippen molar-refractivity contribution in [2.75, 3.05) is 20.2 Å². The van der Waals surface area contributed by atoms with Crippen LogP contribution in [0, 0.1) is 12.7 Å². The Kier molecular flexibility index (Phi) is 6.33. The van der Waals surface area contributed by atoms with Crippen molar-refractivity contribution in [3.63, 3.8) is 0 Å². The van der Waals surface area contributed by atoms with Crippen molar-refractivity contribution in [1.82, 2.24) is 10.2 Å². The molecule has 29 heavy (non-hydrogen) atoms. The fourth-order valence-electron chi connectivity index (χ4n) is 2.66. The third-order valence-electron chi connectivity index (χ3n) is 4.34. The van der Waals surface area contributed by atoms with Gasteiger partial charge < -0.3 is 10.1 Å². The second-order valence-corrected chi connectivity index (χ2v) is 7.32. The van der Waals surface area contributed by atoms with E-state index in [4.69, 9.17) is 4.74 Å². The average molecular weight is 414 g/mol. The van der Waals surface area contributed by atoms with Crippen LogP contribution in [0.5, 0.6) is 5.75 Å². The van der Waals surface area contributed by atoms with Gasteiger partial charge in [0.2, 0.25) is 0 Å². The van der Waals surface area contributed by atoms with Gasteiger partial charge in [-0.1, -0.05) is 18.2 Å². The van der Waals surface area contributed by atoms with E-state index in [0.29, 0.717) is 16.2 Å². The van der Waals surface area contributed by atoms with Gasteiger partial charge in [-0.15, -0.1) is 0 Å². The topological polar surface area (TPSA) is 75.7 Å². The van der Waals surface area contributed by atoms with Gasteiger partial charge in [0.05, 0.1) is 12.0 Å². The molecule has 0 aromatic heterocycles. The van der Waals surface area contributed by atoms with E-state index in [-0.39, 0.29) is 18.7 Å². The maximum atomic E-state index is 13.6. The third-order valence-corrected chi connectivity index (χ3v) is 5.25. The number of hydrogen-bond donors (Lipinski definition) is 1. The highest BCUT2D eigenvalue weighted by Crippen LogP contribution is 2.32. The molecule has 2 aromatic rings. The molecule has 1 heterocycles. The van der Waals surface area contributed by atoms with Crippen LogP contribution < -0.4 is 10.1 Å². The second kappa shape index (κ2) is 8.91. The van der Waals surface area contributed by atoms with Crippen molar-refractivity contribution in [2.24, 2.45) is 0 Å². The molecule has 1 N–H and O–H groups in total. The molecule has 0 spiro atoms. The fourth-order valence-corrected chi connectivity index (χ4v) is 3.53. The first kappa shape index (κ1) is 20.6. The molecular formula is C21H19FN2O4S. The Labute approximate surface area is 171 Å². The summed E-state index contributed by atoms with van der Waals surface area (Å²) in [6.45, 7) is 1.71. The summed E-state index contributed by atoms with van der Waals surface area (Å²) in [6.07, 6.45) is 1.64. The Morgan fingerprint density at radius 2 is 1.93 bits per heavy atom. The van der Waals surface area contributed by atoms with Crippen molar-refractivity contribution in [3.05, 3.63) is 69.9 Å². The number of nitrogens with one attached hydrogen (secondary N) is 1. The zero-order valence-corrected chi connectivity index (χ0v) is 16.7. The number of benzene rings is 2. The molecule has 0 atom stereocenters. The van der Waals surface area contributed by atoms with Gasteiger partial charge in [-0.05, 0) is 60.2 Å². The Balaban J connectivity index is 1.59. The highest BCUT2D eigenvalue weighted by atomic mass is 32.2. The summed E-state index contributed by atoms with van der Waals surface area (Å²) in [5.74, 6) is -0.650. The molecule has 1 aliphatic heterocycles. The SMILES string of the molecule is COc1ccc(/C=C2\SC(=O)N(CCNC(=O)c3ccc(C)c(F)c3)C2=O)cc1. The number of ether oxygens (including phenoxy) is 1. The van der Waals surface area contributed by atoms with Gasteiger partial charge in [0.15, 0.2) is 0 Å². The van der Waals surface area contributed by atoms with Gasteiger partial charge in [0.25, 0.3) is 17.1 Å². The molecule has 0 bridgehead atoms. The number of nitrogens with zero attached hydrogens (tertiary/aromatic N) is 1. The first-order chi connectivity index (χ1) is 13.9. The number of imide groups is 1. The molecule has 8 heteroatoms. The Bertz CT molecular complexity index is 989. The predicted molar refractivity (Wildman–Crippen MR) is 109 cm³/mol. The predicted octanol–water partition coefficient (Wildman–Crippen LogP) is 3.61. The lowest BCUT2D eigenvalue weighted by atomic mass is 10.1. The summed E-state index contributed by atoms with van der Waals surface area (Å²) >= 11 is 0.850. The molecule has 3 amide bonds. The van der Waals surface area contributed by atoms with Crippen LogP contribution in [0.4, 0.5) is 9.18 Å². The van der Waals surface area contributed by atoms with Gasteiger partial charge in [0.1, 0.15) is 11.6 Å². The van der Waals surface area contributed by atoms with E-state index in [9.17, 15) is 18.8 Å². The van der Waals surface area contributed by atoms with Crippen LogP contribution in [0.1, 0.15) is 21.5 Å². The number of hydrogen-bond acceptors (Lipinski definition) is 5. The highest BCUT2D eigenvalue weighted by molar-refractivity contribution is 8.18. The number of rotatable bonds is 6.